The fourth-order valence-corrected chi connectivity index (χ4v) is 4.07. The molecule has 1 N–H and O–H groups in total. The largest absolute Gasteiger partial charge is 0.339 e. The smallest absolute Gasteiger partial charge is 0.227 e. The van der Waals surface area contributed by atoms with E-state index >= 15 is 0 Å². The number of hydrogen-bond donors (Lipinski definition) is 1. The normalized spacial score (nSPS) is 19.6. The number of piperazine rings is 1. The third-order valence-corrected chi connectivity index (χ3v) is 5.55. The Morgan fingerprint density at radius 1 is 1.00 bits per heavy atom. The first-order chi connectivity index (χ1) is 13.4. The number of nitrogens with one attached hydrogen (secondary N) is 1. The van der Waals surface area contributed by atoms with E-state index < -0.39 is 0 Å². The maximum Gasteiger partial charge on any atom is 0.227 e. The molecular weight excluding hydrogens is 392 g/mol. The lowest BCUT2D eigenvalue weighted by Gasteiger charge is -2.42. The third-order valence-electron chi connectivity index (χ3n) is 5.55. The topological polar surface area (TPSA) is 73.0 Å². The second kappa shape index (κ2) is 10.6. The number of carbonyl (C=O) groups excluding carboxylic acids is 3. The number of carbonyl (C=O) groups is 3. The zero-order valence-electron chi connectivity index (χ0n) is 17.2. The lowest BCUT2D eigenvalue weighted by atomic mass is 10.1. The molecule has 0 aromatic heterocycles. The average Bonchev–Trinajstić information content (AvgIpc) is 3.15. The second-order valence-corrected chi connectivity index (χ2v) is 7.77. The van der Waals surface area contributed by atoms with Crippen molar-refractivity contribution < 1.29 is 14.4 Å². The molecule has 0 spiro atoms. The zero-order valence-corrected chi connectivity index (χ0v) is 18.0. The van der Waals surface area contributed by atoms with Gasteiger partial charge in [0.25, 0.3) is 0 Å². The molecule has 3 rings (SSSR count). The summed E-state index contributed by atoms with van der Waals surface area (Å²) in [5.41, 5.74) is 1.65. The van der Waals surface area contributed by atoms with E-state index in [4.69, 9.17) is 0 Å². The number of halogens is 1. The van der Waals surface area contributed by atoms with Gasteiger partial charge in [0.2, 0.25) is 17.7 Å². The van der Waals surface area contributed by atoms with Crippen molar-refractivity contribution in [3.63, 3.8) is 0 Å². The van der Waals surface area contributed by atoms with E-state index in [1.54, 1.807) is 6.92 Å². The molecule has 8 heteroatoms. The van der Waals surface area contributed by atoms with E-state index in [2.05, 4.69) is 10.2 Å². The van der Waals surface area contributed by atoms with Crippen LogP contribution < -0.4 is 5.32 Å². The van der Waals surface area contributed by atoms with Crippen molar-refractivity contribution in [3.8, 4) is 0 Å². The third kappa shape index (κ3) is 6.44. The van der Waals surface area contributed by atoms with E-state index in [0.29, 0.717) is 26.1 Å². The first-order valence-electron chi connectivity index (χ1n) is 10.1. The summed E-state index contributed by atoms with van der Waals surface area (Å²) in [6.07, 6.45) is 2.74. The Labute approximate surface area is 178 Å². The summed E-state index contributed by atoms with van der Waals surface area (Å²) < 4.78 is 0. The monoisotopic (exact) mass is 422 g/mol. The Morgan fingerprint density at radius 2 is 1.66 bits per heavy atom. The second-order valence-electron chi connectivity index (χ2n) is 7.77. The van der Waals surface area contributed by atoms with Crippen molar-refractivity contribution in [1.82, 2.24) is 14.7 Å². The molecular formula is C21H31ClN4O3. The Balaban J connectivity index is 0.00000300. The van der Waals surface area contributed by atoms with Gasteiger partial charge in [0.15, 0.2) is 0 Å². The first kappa shape index (κ1) is 23.2. The molecule has 160 valence electrons. The summed E-state index contributed by atoms with van der Waals surface area (Å²) in [4.78, 5) is 42.2. The zero-order chi connectivity index (χ0) is 20.1. The van der Waals surface area contributed by atoms with Crippen LogP contribution in [0.3, 0.4) is 0 Å². The van der Waals surface area contributed by atoms with Crippen LogP contribution >= 0.6 is 12.4 Å². The van der Waals surface area contributed by atoms with Crippen molar-refractivity contribution in [1.29, 1.82) is 0 Å². The van der Waals surface area contributed by atoms with Crippen LogP contribution in [-0.2, 0) is 20.8 Å². The Bertz CT molecular complexity index is 719. The summed E-state index contributed by atoms with van der Waals surface area (Å²) >= 11 is 0. The summed E-state index contributed by atoms with van der Waals surface area (Å²) in [5.74, 6) is 0.0590. The predicted molar refractivity (Wildman–Crippen MR) is 115 cm³/mol. The van der Waals surface area contributed by atoms with Gasteiger partial charge in [-0.05, 0) is 43.6 Å². The summed E-state index contributed by atoms with van der Waals surface area (Å²) in [6.45, 7) is 7.84. The number of hydrogen-bond acceptors (Lipinski definition) is 4. The minimum atomic E-state index is -0.114. The van der Waals surface area contributed by atoms with Crippen LogP contribution in [0.5, 0.6) is 0 Å². The minimum absolute atomic E-state index is 0. The van der Waals surface area contributed by atoms with Crippen molar-refractivity contribution in [2.75, 3.05) is 44.6 Å². The fourth-order valence-electron chi connectivity index (χ4n) is 4.07. The van der Waals surface area contributed by atoms with Crippen molar-refractivity contribution >= 4 is 35.8 Å². The highest BCUT2D eigenvalue weighted by molar-refractivity contribution is 5.88. The van der Waals surface area contributed by atoms with Gasteiger partial charge >= 0.3 is 0 Å². The molecule has 2 fully saturated rings. The molecule has 2 saturated heterocycles. The molecule has 1 aromatic carbocycles. The SMILES string of the molecule is CC(=O)Nc1ccc(CC(=O)N2CCN(C(C)=O)CC2CN2CCCC2)cc1.Cl. The van der Waals surface area contributed by atoms with Gasteiger partial charge in [-0.25, -0.2) is 0 Å². The number of rotatable bonds is 5. The highest BCUT2D eigenvalue weighted by atomic mass is 35.5. The number of benzene rings is 1. The van der Waals surface area contributed by atoms with E-state index in [0.717, 1.165) is 30.9 Å². The molecule has 1 aromatic rings. The molecule has 2 heterocycles. The Hall–Kier alpha value is -2.12. The van der Waals surface area contributed by atoms with Crippen LogP contribution in [0.4, 0.5) is 5.69 Å². The molecule has 3 amide bonds. The van der Waals surface area contributed by atoms with Gasteiger partial charge in [0, 0.05) is 45.7 Å². The van der Waals surface area contributed by atoms with Crippen LogP contribution in [-0.4, -0.2) is 77.7 Å². The molecule has 7 nitrogen and oxygen atoms in total. The van der Waals surface area contributed by atoms with Crippen molar-refractivity contribution in [2.24, 2.45) is 0 Å². The van der Waals surface area contributed by atoms with Crippen molar-refractivity contribution in [2.45, 2.75) is 39.2 Å². The lowest BCUT2D eigenvalue weighted by molar-refractivity contribution is -0.142. The van der Waals surface area contributed by atoms with E-state index in [-0.39, 0.29) is 36.2 Å². The lowest BCUT2D eigenvalue weighted by Crippen LogP contribution is -2.59. The molecule has 2 aliphatic rings. The maximum absolute atomic E-state index is 13.0. The van der Waals surface area contributed by atoms with Crippen molar-refractivity contribution in [3.05, 3.63) is 29.8 Å². The number of likely N-dealkylation sites (tertiary alicyclic amines) is 1. The number of anilines is 1. The minimum Gasteiger partial charge on any atom is -0.339 e. The number of nitrogens with zero attached hydrogens (tertiary/aromatic N) is 3. The highest BCUT2D eigenvalue weighted by Crippen LogP contribution is 2.18. The van der Waals surface area contributed by atoms with E-state index in [1.165, 1.54) is 19.8 Å². The standard InChI is InChI=1S/C21H30N4O3.ClH/c1-16(26)22-19-7-5-18(6-8-19)13-21(28)25-12-11-24(17(2)27)15-20(25)14-23-9-3-4-10-23;/h5-8,20H,3-4,9-15H2,1-2H3,(H,22,26);1H. The van der Waals surface area contributed by atoms with Crippen LogP contribution in [0.2, 0.25) is 0 Å². The molecule has 0 radical (unpaired) electrons. The van der Waals surface area contributed by atoms with Crippen LogP contribution in [0.25, 0.3) is 0 Å². The maximum atomic E-state index is 13.0. The van der Waals surface area contributed by atoms with E-state index in [1.807, 2.05) is 34.1 Å². The predicted octanol–water partition coefficient (Wildman–Crippen LogP) is 1.76. The average molecular weight is 423 g/mol. The van der Waals surface area contributed by atoms with Gasteiger partial charge < -0.3 is 20.0 Å². The van der Waals surface area contributed by atoms with Gasteiger partial charge in [-0.15, -0.1) is 12.4 Å². The molecule has 2 aliphatic heterocycles. The van der Waals surface area contributed by atoms with Crippen LogP contribution in [0, 0.1) is 0 Å². The molecule has 1 atom stereocenters. The molecule has 0 saturated carbocycles. The van der Waals surface area contributed by atoms with Gasteiger partial charge in [0.05, 0.1) is 12.5 Å². The molecule has 0 aliphatic carbocycles. The van der Waals surface area contributed by atoms with Gasteiger partial charge in [-0.3, -0.25) is 14.4 Å². The van der Waals surface area contributed by atoms with E-state index in [9.17, 15) is 14.4 Å². The molecule has 0 bridgehead atoms. The molecule has 1 unspecified atom stereocenters. The Morgan fingerprint density at radius 3 is 2.24 bits per heavy atom. The molecule has 29 heavy (non-hydrogen) atoms. The fraction of sp³-hybridized carbons (Fsp3) is 0.571. The number of amides is 3. The first-order valence-corrected chi connectivity index (χ1v) is 10.1. The van der Waals surface area contributed by atoms with Gasteiger partial charge in [-0.2, -0.15) is 0 Å². The van der Waals surface area contributed by atoms with Gasteiger partial charge in [0.1, 0.15) is 0 Å². The summed E-state index contributed by atoms with van der Waals surface area (Å²) in [6, 6.07) is 7.44. The highest BCUT2D eigenvalue weighted by Gasteiger charge is 2.33. The Kier molecular flexibility index (Phi) is 8.46. The van der Waals surface area contributed by atoms with Gasteiger partial charge in [-0.1, -0.05) is 12.1 Å². The summed E-state index contributed by atoms with van der Waals surface area (Å²) in [7, 11) is 0. The van der Waals surface area contributed by atoms with Crippen LogP contribution in [0.15, 0.2) is 24.3 Å². The summed E-state index contributed by atoms with van der Waals surface area (Å²) in [5, 5.41) is 2.73. The van der Waals surface area contributed by atoms with Crippen LogP contribution in [0.1, 0.15) is 32.3 Å². The quantitative estimate of drug-likeness (QED) is 0.784.